The van der Waals surface area contributed by atoms with Gasteiger partial charge in [-0.2, -0.15) is 0 Å². The highest BCUT2D eigenvalue weighted by molar-refractivity contribution is 6.39. The second-order valence-corrected chi connectivity index (χ2v) is 5.15. The van der Waals surface area contributed by atoms with Gasteiger partial charge in [0, 0.05) is 31.7 Å². The molecule has 1 aromatic carbocycles. The molecule has 1 N–H and O–H groups in total. The van der Waals surface area contributed by atoms with E-state index in [1.807, 2.05) is 31.2 Å². The Hall–Kier alpha value is -2.69. The van der Waals surface area contributed by atoms with E-state index >= 15 is 0 Å². The molecule has 0 aliphatic rings. The van der Waals surface area contributed by atoms with Crippen molar-refractivity contribution in [2.45, 2.75) is 13.3 Å². The number of nitrogens with zero attached hydrogens (tertiary/aromatic N) is 2. The van der Waals surface area contributed by atoms with Crippen molar-refractivity contribution in [3.63, 3.8) is 0 Å². The van der Waals surface area contributed by atoms with Gasteiger partial charge in [0.25, 0.3) is 0 Å². The van der Waals surface area contributed by atoms with E-state index < -0.39 is 11.8 Å². The summed E-state index contributed by atoms with van der Waals surface area (Å²) >= 11 is 0. The van der Waals surface area contributed by atoms with Crippen molar-refractivity contribution >= 4 is 17.5 Å². The molecule has 2 aromatic rings. The van der Waals surface area contributed by atoms with E-state index in [1.54, 1.807) is 31.6 Å². The van der Waals surface area contributed by atoms with Gasteiger partial charge in [0.2, 0.25) is 0 Å². The lowest BCUT2D eigenvalue weighted by atomic mass is 10.2. The van der Waals surface area contributed by atoms with Crippen LogP contribution in [0, 0.1) is 6.92 Å². The number of rotatable bonds is 4. The van der Waals surface area contributed by atoms with Crippen LogP contribution in [0.15, 0.2) is 48.8 Å². The van der Waals surface area contributed by atoms with Crippen LogP contribution in [-0.2, 0) is 16.0 Å². The normalized spacial score (nSPS) is 10.1. The van der Waals surface area contributed by atoms with Gasteiger partial charge in [-0.25, -0.2) is 0 Å². The Balaban J connectivity index is 1.86. The molecule has 0 radical (unpaired) electrons. The number of aromatic nitrogens is 1. The Kier molecular flexibility index (Phi) is 5.25. The largest absolute Gasteiger partial charge is 0.337 e. The second kappa shape index (κ2) is 7.36. The zero-order valence-electron chi connectivity index (χ0n) is 12.7. The van der Waals surface area contributed by atoms with E-state index in [-0.39, 0.29) is 0 Å². The van der Waals surface area contributed by atoms with Crippen LogP contribution in [0.2, 0.25) is 0 Å². The Bertz CT molecular complexity index is 639. The maximum absolute atomic E-state index is 12.0. The molecule has 0 fully saturated rings. The number of nitrogens with one attached hydrogen (secondary N) is 1. The van der Waals surface area contributed by atoms with Crippen LogP contribution in [0.4, 0.5) is 5.69 Å². The summed E-state index contributed by atoms with van der Waals surface area (Å²) in [5.74, 6) is -1.17. The van der Waals surface area contributed by atoms with Gasteiger partial charge >= 0.3 is 11.8 Å². The van der Waals surface area contributed by atoms with E-state index in [9.17, 15) is 9.59 Å². The summed E-state index contributed by atoms with van der Waals surface area (Å²) in [6.07, 6.45) is 4.10. The Morgan fingerprint density at radius 2 is 1.73 bits per heavy atom. The lowest BCUT2D eigenvalue weighted by Crippen LogP contribution is -2.38. The number of benzene rings is 1. The summed E-state index contributed by atoms with van der Waals surface area (Å²) in [5.41, 5.74) is 2.79. The highest BCUT2D eigenvalue weighted by Crippen LogP contribution is 2.08. The van der Waals surface area contributed by atoms with E-state index in [1.165, 1.54) is 4.90 Å². The molecule has 2 rings (SSSR count). The number of pyridine rings is 1. The fraction of sp³-hybridized carbons (Fsp3) is 0.235. The van der Waals surface area contributed by atoms with Crippen molar-refractivity contribution in [3.05, 3.63) is 59.9 Å². The molecular formula is C17H19N3O2. The van der Waals surface area contributed by atoms with Gasteiger partial charge in [-0.15, -0.1) is 0 Å². The third-order valence-corrected chi connectivity index (χ3v) is 3.34. The molecule has 0 saturated carbocycles. The minimum Gasteiger partial charge on any atom is -0.337 e. The smallest absolute Gasteiger partial charge is 0.313 e. The first-order chi connectivity index (χ1) is 10.6. The van der Waals surface area contributed by atoms with E-state index in [0.29, 0.717) is 18.7 Å². The fourth-order valence-corrected chi connectivity index (χ4v) is 1.94. The molecule has 22 heavy (non-hydrogen) atoms. The van der Waals surface area contributed by atoms with E-state index in [0.717, 1.165) is 11.1 Å². The van der Waals surface area contributed by atoms with E-state index in [2.05, 4.69) is 10.3 Å². The Labute approximate surface area is 130 Å². The molecule has 1 heterocycles. The maximum atomic E-state index is 12.0. The fourth-order valence-electron chi connectivity index (χ4n) is 1.94. The van der Waals surface area contributed by atoms with Crippen LogP contribution in [0.1, 0.15) is 11.1 Å². The predicted octanol–water partition coefficient (Wildman–Crippen LogP) is 2.03. The van der Waals surface area contributed by atoms with Gasteiger partial charge in [-0.3, -0.25) is 14.6 Å². The molecule has 0 saturated heterocycles. The Morgan fingerprint density at radius 3 is 2.36 bits per heavy atom. The van der Waals surface area contributed by atoms with Crippen molar-refractivity contribution in [2.75, 3.05) is 18.9 Å². The van der Waals surface area contributed by atoms with Crippen LogP contribution in [-0.4, -0.2) is 35.3 Å². The lowest BCUT2D eigenvalue weighted by molar-refractivity contribution is -0.142. The van der Waals surface area contributed by atoms with Crippen LogP contribution in [0.5, 0.6) is 0 Å². The molecule has 114 valence electrons. The van der Waals surface area contributed by atoms with Gasteiger partial charge in [-0.05, 0) is 43.2 Å². The average Bonchev–Trinajstić information content (AvgIpc) is 2.55. The number of aryl methyl sites for hydroxylation is 1. The van der Waals surface area contributed by atoms with Crippen LogP contribution < -0.4 is 5.32 Å². The van der Waals surface area contributed by atoms with Gasteiger partial charge in [0.05, 0.1) is 0 Å². The molecule has 0 atom stereocenters. The number of hydrogen-bond acceptors (Lipinski definition) is 3. The minimum atomic E-state index is -0.624. The molecule has 2 amide bonds. The molecule has 5 heteroatoms. The number of likely N-dealkylation sites (N-methyl/N-ethyl adjacent to an activating group) is 1. The molecule has 0 aliphatic carbocycles. The number of hydrogen-bond donors (Lipinski definition) is 1. The molecule has 0 aliphatic heterocycles. The first-order valence-electron chi connectivity index (χ1n) is 7.08. The SMILES string of the molecule is Cc1ccc(NC(=O)C(=O)N(C)CCc2ccncc2)cc1. The lowest BCUT2D eigenvalue weighted by Gasteiger charge is -2.16. The summed E-state index contributed by atoms with van der Waals surface area (Å²) in [6, 6.07) is 11.1. The average molecular weight is 297 g/mol. The summed E-state index contributed by atoms with van der Waals surface area (Å²) < 4.78 is 0. The van der Waals surface area contributed by atoms with Crippen molar-refractivity contribution < 1.29 is 9.59 Å². The van der Waals surface area contributed by atoms with Gasteiger partial charge < -0.3 is 10.2 Å². The number of carbonyl (C=O) groups is 2. The van der Waals surface area contributed by atoms with Gasteiger partial charge in [0.15, 0.2) is 0 Å². The summed E-state index contributed by atoms with van der Waals surface area (Å²) in [7, 11) is 1.62. The third kappa shape index (κ3) is 4.41. The molecular weight excluding hydrogens is 278 g/mol. The minimum absolute atomic E-state index is 0.476. The first kappa shape index (κ1) is 15.7. The molecule has 0 spiro atoms. The molecule has 1 aromatic heterocycles. The van der Waals surface area contributed by atoms with Gasteiger partial charge in [-0.1, -0.05) is 17.7 Å². The summed E-state index contributed by atoms with van der Waals surface area (Å²) in [6.45, 7) is 2.44. The number of anilines is 1. The van der Waals surface area contributed by atoms with Crippen LogP contribution in [0.3, 0.4) is 0 Å². The quantitative estimate of drug-likeness (QED) is 0.878. The van der Waals surface area contributed by atoms with Crippen LogP contribution in [0.25, 0.3) is 0 Å². The summed E-state index contributed by atoms with van der Waals surface area (Å²) in [4.78, 5) is 29.3. The number of amides is 2. The van der Waals surface area contributed by atoms with Crippen molar-refractivity contribution in [2.24, 2.45) is 0 Å². The van der Waals surface area contributed by atoms with Crippen molar-refractivity contribution in [1.82, 2.24) is 9.88 Å². The highest BCUT2D eigenvalue weighted by atomic mass is 16.2. The topological polar surface area (TPSA) is 62.3 Å². The maximum Gasteiger partial charge on any atom is 0.313 e. The molecule has 0 unspecified atom stereocenters. The van der Waals surface area contributed by atoms with Crippen LogP contribution >= 0.6 is 0 Å². The van der Waals surface area contributed by atoms with Crippen molar-refractivity contribution in [1.29, 1.82) is 0 Å². The predicted molar refractivity (Wildman–Crippen MR) is 85.4 cm³/mol. The summed E-state index contributed by atoms with van der Waals surface area (Å²) in [5, 5.41) is 2.61. The van der Waals surface area contributed by atoms with Crippen molar-refractivity contribution in [3.8, 4) is 0 Å². The van der Waals surface area contributed by atoms with E-state index in [4.69, 9.17) is 0 Å². The molecule has 0 bridgehead atoms. The Morgan fingerprint density at radius 1 is 1.09 bits per heavy atom. The monoisotopic (exact) mass is 297 g/mol. The first-order valence-corrected chi connectivity index (χ1v) is 7.08. The third-order valence-electron chi connectivity index (χ3n) is 3.34. The zero-order valence-corrected chi connectivity index (χ0v) is 12.7. The zero-order chi connectivity index (χ0) is 15.9. The second-order valence-electron chi connectivity index (χ2n) is 5.15. The van der Waals surface area contributed by atoms with Gasteiger partial charge in [0.1, 0.15) is 0 Å². The highest BCUT2D eigenvalue weighted by Gasteiger charge is 2.18. The molecule has 5 nitrogen and oxygen atoms in total. The number of carbonyl (C=O) groups excluding carboxylic acids is 2. The standard InChI is InChI=1S/C17H19N3O2/c1-13-3-5-15(6-4-13)19-16(21)17(22)20(2)12-9-14-7-10-18-11-8-14/h3-8,10-11H,9,12H2,1-2H3,(H,19,21).